The molecule has 3 rings (SSSR count). The molecule has 0 saturated carbocycles. The average Bonchev–Trinajstić information content (AvgIpc) is 3.10. The van der Waals surface area contributed by atoms with Crippen molar-refractivity contribution in [1.29, 1.82) is 0 Å². The molecule has 132 valence electrons. The van der Waals surface area contributed by atoms with E-state index >= 15 is 0 Å². The Hall–Kier alpha value is -2.90. The van der Waals surface area contributed by atoms with Gasteiger partial charge in [-0.15, -0.1) is 28.0 Å². The molecule has 3 aromatic rings. The molecule has 0 atom stereocenters. The summed E-state index contributed by atoms with van der Waals surface area (Å²) in [5, 5.41) is 15.2. The first-order chi connectivity index (χ1) is 12.6. The predicted octanol–water partition coefficient (Wildman–Crippen LogP) is 3.05. The third-order valence-electron chi connectivity index (χ3n) is 3.52. The maximum Gasteiger partial charge on any atom is 0.271 e. The van der Waals surface area contributed by atoms with Crippen molar-refractivity contribution in [3.8, 4) is 17.0 Å². The SMILES string of the molecule is O=C(N/N=c1\scc(-c2ccc(O)cc2)n1C(=O)CCl)c1ccccc1. The number of phenols is 1. The Labute approximate surface area is 158 Å². The molecule has 0 unspecified atom stereocenters. The van der Waals surface area contributed by atoms with Crippen LogP contribution in [0, 0.1) is 0 Å². The molecule has 0 radical (unpaired) electrons. The van der Waals surface area contributed by atoms with Crippen LogP contribution in [0.3, 0.4) is 0 Å². The molecule has 1 heterocycles. The number of thiazole rings is 1. The smallest absolute Gasteiger partial charge is 0.271 e. The lowest BCUT2D eigenvalue weighted by Gasteiger charge is -2.06. The van der Waals surface area contributed by atoms with Crippen LogP contribution in [0.2, 0.25) is 0 Å². The molecule has 6 nitrogen and oxygen atoms in total. The Balaban J connectivity index is 1.98. The molecular weight excluding hydrogens is 374 g/mol. The van der Waals surface area contributed by atoms with E-state index in [0.717, 1.165) is 0 Å². The second-order valence-corrected chi connectivity index (χ2v) is 6.34. The van der Waals surface area contributed by atoms with Crippen LogP contribution >= 0.6 is 22.9 Å². The van der Waals surface area contributed by atoms with Crippen molar-refractivity contribution in [2.75, 3.05) is 5.88 Å². The maximum absolute atomic E-state index is 12.3. The zero-order valence-corrected chi connectivity index (χ0v) is 15.0. The number of phenolic OH excluding ortho intramolecular Hbond substituents is 1. The van der Waals surface area contributed by atoms with Gasteiger partial charge in [0.25, 0.3) is 5.91 Å². The third-order valence-corrected chi connectivity index (χ3v) is 4.58. The monoisotopic (exact) mass is 387 g/mol. The summed E-state index contributed by atoms with van der Waals surface area (Å²) in [5.74, 6) is -0.861. The number of hydrogen-bond donors (Lipinski definition) is 2. The van der Waals surface area contributed by atoms with E-state index in [1.54, 1.807) is 41.8 Å². The average molecular weight is 388 g/mol. The summed E-state index contributed by atoms with van der Waals surface area (Å²) in [6, 6.07) is 15.1. The fraction of sp³-hybridized carbons (Fsp3) is 0.0556. The Morgan fingerprint density at radius 3 is 2.46 bits per heavy atom. The summed E-state index contributed by atoms with van der Waals surface area (Å²) in [7, 11) is 0. The van der Waals surface area contributed by atoms with Gasteiger partial charge in [0.05, 0.1) is 5.69 Å². The van der Waals surface area contributed by atoms with Crippen LogP contribution in [0.5, 0.6) is 5.75 Å². The third kappa shape index (κ3) is 3.84. The molecule has 0 aliphatic heterocycles. The molecular formula is C18H14ClN3O3S. The van der Waals surface area contributed by atoms with E-state index in [2.05, 4.69) is 10.5 Å². The van der Waals surface area contributed by atoms with Crippen molar-refractivity contribution in [3.63, 3.8) is 0 Å². The van der Waals surface area contributed by atoms with Gasteiger partial charge in [0.15, 0.2) is 0 Å². The van der Waals surface area contributed by atoms with E-state index in [1.165, 1.54) is 28.0 Å². The second kappa shape index (κ2) is 7.99. The molecule has 0 bridgehead atoms. The van der Waals surface area contributed by atoms with Crippen molar-refractivity contribution >= 4 is 34.8 Å². The van der Waals surface area contributed by atoms with Gasteiger partial charge in [0.2, 0.25) is 10.7 Å². The molecule has 0 aliphatic carbocycles. The molecule has 1 amide bonds. The number of amides is 1. The largest absolute Gasteiger partial charge is 0.508 e. The highest BCUT2D eigenvalue weighted by Crippen LogP contribution is 2.22. The van der Waals surface area contributed by atoms with Crippen molar-refractivity contribution in [2.24, 2.45) is 5.10 Å². The number of alkyl halides is 1. The van der Waals surface area contributed by atoms with Crippen LogP contribution < -0.4 is 10.2 Å². The van der Waals surface area contributed by atoms with Crippen LogP contribution in [0.1, 0.15) is 15.2 Å². The van der Waals surface area contributed by atoms with E-state index in [0.29, 0.717) is 21.6 Å². The predicted molar refractivity (Wildman–Crippen MR) is 100 cm³/mol. The summed E-state index contributed by atoms with van der Waals surface area (Å²) >= 11 is 6.92. The van der Waals surface area contributed by atoms with Gasteiger partial charge in [-0.1, -0.05) is 18.2 Å². The number of carbonyl (C=O) groups excluding carboxylic acids is 2. The molecule has 0 aliphatic rings. The van der Waals surface area contributed by atoms with Gasteiger partial charge < -0.3 is 5.11 Å². The zero-order valence-electron chi connectivity index (χ0n) is 13.4. The topological polar surface area (TPSA) is 83.7 Å². The van der Waals surface area contributed by atoms with E-state index < -0.39 is 0 Å². The molecule has 1 aromatic heterocycles. The molecule has 2 N–H and O–H groups in total. The fourth-order valence-electron chi connectivity index (χ4n) is 2.28. The highest BCUT2D eigenvalue weighted by atomic mass is 35.5. The highest BCUT2D eigenvalue weighted by Gasteiger charge is 2.14. The van der Waals surface area contributed by atoms with E-state index in [9.17, 15) is 14.7 Å². The molecule has 2 aromatic carbocycles. The van der Waals surface area contributed by atoms with Crippen LogP contribution in [0.4, 0.5) is 0 Å². The number of hydrogen-bond acceptors (Lipinski definition) is 5. The lowest BCUT2D eigenvalue weighted by molar-refractivity contribution is 0.0926. The number of aromatic hydroxyl groups is 1. The summed E-state index contributed by atoms with van der Waals surface area (Å²) in [4.78, 5) is 24.7. The number of nitrogens with zero attached hydrogens (tertiary/aromatic N) is 2. The molecule has 0 saturated heterocycles. The van der Waals surface area contributed by atoms with Gasteiger partial charge in [-0.2, -0.15) is 0 Å². The van der Waals surface area contributed by atoms with Crippen molar-refractivity contribution in [3.05, 3.63) is 70.3 Å². The number of carbonyl (C=O) groups is 2. The van der Waals surface area contributed by atoms with Gasteiger partial charge in [-0.05, 0) is 42.0 Å². The van der Waals surface area contributed by atoms with Crippen LogP contribution in [0.25, 0.3) is 11.3 Å². The van der Waals surface area contributed by atoms with Crippen LogP contribution in [-0.2, 0) is 0 Å². The second-order valence-electron chi connectivity index (χ2n) is 5.23. The van der Waals surface area contributed by atoms with Crippen molar-refractivity contribution in [1.82, 2.24) is 9.99 Å². The first-order valence-electron chi connectivity index (χ1n) is 7.58. The normalized spacial score (nSPS) is 11.3. The van der Waals surface area contributed by atoms with Gasteiger partial charge in [-0.25, -0.2) is 5.43 Å². The van der Waals surface area contributed by atoms with Crippen LogP contribution in [0.15, 0.2) is 65.1 Å². The van der Waals surface area contributed by atoms with Gasteiger partial charge in [0, 0.05) is 10.9 Å². The number of benzene rings is 2. The molecule has 8 heteroatoms. The summed E-state index contributed by atoms with van der Waals surface area (Å²) in [6.07, 6.45) is 0. The fourth-order valence-corrected chi connectivity index (χ4v) is 3.26. The zero-order chi connectivity index (χ0) is 18.5. The van der Waals surface area contributed by atoms with Crippen molar-refractivity contribution in [2.45, 2.75) is 0 Å². The van der Waals surface area contributed by atoms with Gasteiger partial charge in [-0.3, -0.25) is 14.2 Å². The Morgan fingerprint density at radius 2 is 1.81 bits per heavy atom. The first kappa shape index (κ1) is 17.9. The standard InChI is InChI=1S/C18H14ClN3O3S/c19-10-16(24)22-15(12-6-8-14(23)9-7-12)11-26-18(22)21-20-17(25)13-4-2-1-3-5-13/h1-9,11,23H,10H2,(H,20,25)/b21-18-. The Kier molecular flexibility index (Phi) is 5.50. The van der Waals surface area contributed by atoms with E-state index in [4.69, 9.17) is 11.6 Å². The molecule has 26 heavy (non-hydrogen) atoms. The quantitative estimate of drug-likeness (QED) is 0.533. The van der Waals surface area contributed by atoms with Gasteiger partial charge >= 0.3 is 0 Å². The van der Waals surface area contributed by atoms with Crippen molar-refractivity contribution < 1.29 is 14.7 Å². The molecule has 0 spiro atoms. The lowest BCUT2D eigenvalue weighted by Crippen LogP contribution is -2.29. The maximum atomic E-state index is 12.3. The minimum absolute atomic E-state index is 0.124. The number of nitrogens with one attached hydrogen (secondary N) is 1. The lowest BCUT2D eigenvalue weighted by atomic mass is 10.1. The number of aromatic nitrogens is 1. The summed E-state index contributed by atoms with van der Waals surface area (Å²) in [5.41, 5.74) is 4.20. The minimum Gasteiger partial charge on any atom is -0.508 e. The Morgan fingerprint density at radius 1 is 1.12 bits per heavy atom. The minimum atomic E-state index is -0.380. The highest BCUT2D eigenvalue weighted by molar-refractivity contribution is 7.07. The van der Waals surface area contributed by atoms with E-state index in [-0.39, 0.29) is 23.4 Å². The first-order valence-corrected chi connectivity index (χ1v) is 9.00. The van der Waals surface area contributed by atoms with Gasteiger partial charge in [0.1, 0.15) is 11.6 Å². The van der Waals surface area contributed by atoms with Crippen LogP contribution in [-0.4, -0.2) is 27.4 Å². The summed E-state index contributed by atoms with van der Waals surface area (Å²) in [6.45, 7) is 0. The summed E-state index contributed by atoms with van der Waals surface area (Å²) < 4.78 is 1.34. The number of rotatable bonds is 4. The van der Waals surface area contributed by atoms with E-state index in [1.807, 2.05) is 6.07 Å². The molecule has 0 fully saturated rings. The Bertz CT molecular complexity index is 995. The number of halogens is 1.